The second kappa shape index (κ2) is 5.43. The summed E-state index contributed by atoms with van der Waals surface area (Å²) in [6.45, 7) is 3.68. The Morgan fingerprint density at radius 1 is 1.62 bits per heavy atom. The highest BCUT2D eigenvalue weighted by Crippen LogP contribution is 2.36. The van der Waals surface area contributed by atoms with Crippen LogP contribution in [-0.2, 0) is 4.79 Å². The molecule has 0 aromatic heterocycles. The summed E-state index contributed by atoms with van der Waals surface area (Å²) in [5, 5.41) is 0. The second-order valence-electron chi connectivity index (χ2n) is 3.75. The van der Waals surface area contributed by atoms with E-state index in [1.165, 1.54) is 7.11 Å². The van der Waals surface area contributed by atoms with Crippen molar-refractivity contribution >= 4 is 22.2 Å². The standard InChI is InChI=1S/C12H14BrFO2/c1-7(4-5-15)9-6-8(2)10(13)12(16-3)11(9)14/h5-7H,4H2,1-3H3. The van der Waals surface area contributed by atoms with Gasteiger partial charge in [-0.15, -0.1) is 0 Å². The summed E-state index contributed by atoms with van der Waals surface area (Å²) in [6, 6.07) is 1.75. The lowest BCUT2D eigenvalue weighted by atomic mass is 9.96. The molecule has 0 bridgehead atoms. The highest BCUT2D eigenvalue weighted by molar-refractivity contribution is 9.10. The number of ether oxygens (including phenoxy) is 1. The van der Waals surface area contributed by atoms with Crippen LogP contribution in [0.15, 0.2) is 10.5 Å². The average Bonchev–Trinajstić information content (AvgIpc) is 2.24. The van der Waals surface area contributed by atoms with E-state index < -0.39 is 5.82 Å². The van der Waals surface area contributed by atoms with Crippen LogP contribution in [0.25, 0.3) is 0 Å². The quantitative estimate of drug-likeness (QED) is 0.792. The zero-order chi connectivity index (χ0) is 12.3. The molecule has 0 aliphatic carbocycles. The predicted octanol–water partition coefficient (Wildman–Crippen LogP) is 3.60. The Morgan fingerprint density at radius 3 is 2.75 bits per heavy atom. The van der Waals surface area contributed by atoms with Crippen molar-refractivity contribution in [3.05, 3.63) is 27.5 Å². The van der Waals surface area contributed by atoms with Gasteiger partial charge in [0.1, 0.15) is 6.29 Å². The number of hydrogen-bond donors (Lipinski definition) is 0. The Morgan fingerprint density at radius 2 is 2.25 bits per heavy atom. The van der Waals surface area contributed by atoms with Crippen LogP contribution in [-0.4, -0.2) is 13.4 Å². The average molecular weight is 289 g/mol. The number of aryl methyl sites for hydroxylation is 1. The summed E-state index contributed by atoms with van der Waals surface area (Å²) in [4.78, 5) is 10.4. The van der Waals surface area contributed by atoms with E-state index in [2.05, 4.69) is 15.9 Å². The maximum Gasteiger partial charge on any atom is 0.169 e. The molecule has 0 aliphatic heterocycles. The monoisotopic (exact) mass is 288 g/mol. The minimum atomic E-state index is -0.394. The third-order valence-corrected chi connectivity index (χ3v) is 3.54. The molecule has 0 aliphatic rings. The summed E-state index contributed by atoms with van der Waals surface area (Å²) in [5.74, 6) is -0.333. The van der Waals surface area contributed by atoms with Crippen LogP contribution in [0.3, 0.4) is 0 Å². The van der Waals surface area contributed by atoms with Gasteiger partial charge < -0.3 is 9.53 Å². The zero-order valence-electron chi connectivity index (χ0n) is 9.51. The van der Waals surface area contributed by atoms with Crippen LogP contribution < -0.4 is 4.74 Å². The maximum absolute atomic E-state index is 14.0. The molecule has 0 saturated carbocycles. The summed E-state index contributed by atoms with van der Waals surface area (Å²) in [5.41, 5.74) is 1.41. The highest BCUT2D eigenvalue weighted by atomic mass is 79.9. The summed E-state index contributed by atoms with van der Waals surface area (Å²) in [7, 11) is 1.43. The lowest BCUT2D eigenvalue weighted by molar-refractivity contribution is -0.108. The van der Waals surface area contributed by atoms with Gasteiger partial charge in [0.2, 0.25) is 0 Å². The fraction of sp³-hybridized carbons (Fsp3) is 0.417. The Hall–Kier alpha value is -0.900. The first-order valence-electron chi connectivity index (χ1n) is 4.99. The van der Waals surface area contributed by atoms with E-state index in [9.17, 15) is 9.18 Å². The summed E-state index contributed by atoms with van der Waals surface area (Å²) >= 11 is 3.28. The maximum atomic E-state index is 14.0. The van der Waals surface area contributed by atoms with Gasteiger partial charge in [-0.3, -0.25) is 0 Å². The lowest BCUT2D eigenvalue weighted by Crippen LogP contribution is -2.02. The molecule has 0 heterocycles. The molecule has 1 rings (SSSR count). The minimum absolute atomic E-state index is 0.141. The fourth-order valence-corrected chi connectivity index (χ4v) is 2.03. The van der Waals surface area contributed by atoms with E-state index in [-0.39, 0.29) is 11.7 Å². The van der Waals surface area contributed by atoms with Crippen molar-refractivity contribution in [2.24, 2.45) is 0 Å². The van der Waals surface area contributed by atoms with E-state index in [1.54, 1.807) is 6.07 Å². The molecule has 1 aromatic carbocycles. The van der Waals surface area contributed by atoms with Gasteiger partial charge >= 0.3 is 0 Å². The van der Waals surface area contributed by atoms with Crippen LogP contribution in [0.5, 0.6) is 5.75 Å². The number of rotatable bonds is 4. The van der Waals surface area contributed by atoms with Gasteiger partial charge in [-0.25, -0.2) is 4.39 Å². The van der Waals surface area contributed by atoms with Crippen molar-refractivity contribution in [3.8, 4) is 5.75 Å². The van der Waals surface area contributed by atoms with Gasteiger partial charge in [-0.05, 0) is 39.9 Å². The van der Waals surface area contributed by atoms with Crippen LogP contribution in [0.1, 0.15) is 30.4 Å². The molecule has 16 heavy (non-hydrogen) atoms. The van der Waals surface area contributed by atoms with E-state index in [0.29, 0.717) is 16.5 Å². The Bertz CT molecular complexity index is 404. The highest BCUT2D eigenvalue weighted by Gasteiger charge is 2.19. The Balaban J connectivity index is 3.30. The van der Waals surface area contributed by atoms with E-state index in [4.69, 9.17) is 4.74 Å². The first kappa shape index (κ1) is 13.2. The van der Waals surface area contributed by atoms with Crippen LogP contribution in [0.4, 0.5) is 4.39 Å². The van der Waals surface area contributed by atoms with Gasteiger partial charge in [0.25, 0.3) is 0 Å². The largest absolute Gasteiger partial charge is 0.492 e. The minimum Gasteiger partial charge on any atom is -0.492 e. The molecule has 1 atom stereocenters. The number of aldehydes is 1. The van der Waals surface area contributed by atoms with Gasteiger partial charge in [0, 0.05) is 6.42 Å². The van der Waals surface area contributed by atoms with Crippen molar-refractivity contribution in [2.75, 3.05) is 7.11 Å². The Labute approximate surface area is 103 Å². The third-order valence-electron chi connectivity index (χ3n) is 2.56. The van der Waals surface area contributed by atoms with Gasteiger partial charge in [-0.1, -0.05) is 13.0 Å². The molecular weight excluding hydrogens is 275 g/mol. The van der Waals surface area contributed by atoms with Crippen LogP contribution in [0.2, 0.25) is 0 Å². The van der Waals surface area contributed by atoms with Gasteiger partial charge in [-0.2, -0.15) is 0 Å². The predicted molar refractivity (Wildman–Crippen MR) is 64.5 cm³/mol. The smallest absolute Gasteiger partial charge is 0.169 e. The molecule has 1 aromatic rings. The molecule has 1 unspecified atom stereocenters. The molecule has 4 heteroatoms. The first-order chi connectivity index (χ1) is 7.52. The van der Waals surface area contributed by atoms with Crippen molar-refractivity contribution in [2.45, 2.75) is 26.2 Å². The van der Waals surface area contributed by atoms with Gasteiger partial charge in [0.05, 0.1) is 11.6 Å². The number of methoxy groups -OCH3 is 1. The third kappa shape index (κ3) is 2.43. The molecular formula is C12H14BrFO2. The molecule has 88 valence electrons. The summed E-state index contributed by atoms with van der Waals surface area (Å²) in [6.07, 6.45) is 1.11. The lowest BCUT2D eigenvalue weighted by Gasteiger charge is -2.15. The zero-order valence-corrected chi connectivity index (χ0v) is 11.1. The normalized spacial score (nSPS) is 12.3. The molecule has 0 N–H and O–H groups in total. The molecule has 0 fully saturated rings. The van der Waals surface area contributed by atoms with Crippen molar-refractivity contribution in [1.82, 2.24) is 0 Å². The topological polar surface area (TPSA) is 26.3 Å². The number of hydrogen-bond acceptors (Lipinski definition) is 2. The SMILES string of the molecule is COc1c(F)c(C(C)CC=O)cc(C)c1Br. The van der Waals surface area contributed by atoms with E-state index in [1.807, 2.05) is 13.8 Å². The number of halogens is 2. The van der Waals surface area contributed by atoms with E-state index >= 15 is 0 Å². The molecule has 0 spiro atoms. The first-order valence-corrected chi connectivity index (χ1v) is 5.78. The molecule has 0 amide bonds. The van der Waals surface area contributed by atoms with Gasteiger partial charge in [0.15, 0.2) is 11.6 Å². The van der Waals surface area contributed by atoms with Crippen molar-refractivity contribution < 1.29 is 13.9 Å². The van der Waals surface area contributed by atoms with Crippen LogP contribution >= 0.6 is 15.9 Å². The Kier molecular flexibility index (Phi) is 4.47. The molecule has 0 radical (unpaired) electrons. The van der Waals surface area contributed by atoms with Crippen molar-refractivity contribution in [1.29, 1.82) is 0 Å². The van der Waals surface area contributed by atoms with E-state index in [0.717, 1.165) is 11.8 Å². The second-order valence-corrected chi connectivity index (χ2v) is 4.54. The fourth-order valence-electron chi connectivity index (χ4n) is 1.58. The van der Waals surface area contributed by atoms with Crippen LogP contribution in [0, 0.1) is 12.7 Å². The molecule has 2 nitrogen and oxygen atoms in total. The number of carbonyl (C=O) groups is 1. The number of benzene rings is 1. The summed E-state index contributed by atoms with van der Waals surface area (Å²) < 4.78 is 19.7. The molecule has 0 saturated heterocycles. The number of carbonyl (C=O) groups excluding carboxylic acids is 1. The van der Waals surface area contributed by atoms with Crippen molar-refractivity contribution in [3.63, 3.8) is 0 Å².